The third kappa shape index (κ3) is 10.8. The molecular formula is C13H23F3N2O. The Kier molecular flexibility index (Phi) is 8.03. The first-order valence-corrected chi connectivity index (χ1v) is 6.52. The molecule has 6 heteroatoms. The van der Waals surface area contributed by atoms with E-state index in [9.17, 15) is 13.2 Å². The van der Waals surface area contributed by atoms with Crippen LogP contribution in [0.25, 0.3) is 0 Å². The molecule has 0 fully saturated rings. The van der Waals surface area contributed by atoms with Crippen LogP contribution in [-0.4, -0.2) is 31.0 Å². The summed E-state index contributed by atoms with van der Waals surface area (Å²) in [7, 11) is 0. The fourth-order valence-corrected chi connectivity index (χ4v) is 1.80. The molecule has 0 saturated heterocycles. The van der Waals surface area contributed by atoms with Gasteiger partial charge in [-0.05, 0) is 40.0 Å². The van der Waals surface area contributed by atoms with E-state index in [1.165, 1.54) is 0 Å². The number of rotatable bonds is 9. The molecule has 1 N–H and O–H groups in total. The molecule has 3 nitrogen and oxygen atoms in total. The van der Waals surface area contributed by atoms with Crippen molar-refractivity contribution >= 4 is 0 Å². The van der Waals surface area contributed by atoms with Gasteiger partial charge in [-0.25, -0.2) is 0 Å². The van der Waals surface area contributed by atoms with Gasteiger partial charge >= 0.3 is 6.18 Å². The predicted molar refractivity (Wildman–Crippen MR) is 67.6 cm³/mol. The van der Waals surface area contributed by atoms with Gasteiger partial charge in [-0.15, -0.1) is 0 Å². The first-order chi connectivity index (χ1) is 8.68. The smallest absolute Gasteiger partial charge is 0.381 e. The molecule has 0 spiro atoms. The average Bonchev–Trinajstić information content (AvgIpc) is 2.25. The molecule has 1 atom stereocenters. The number of nitrogens with zero attached hydrogens (tertiary/aromatic N) is 1. The Balaban J connectivity index is 3.66. The van der Waals surface area contributed by atoms with Crippen LogP contribution >= 0.6 is 0 Å². The van der Waals surface area contributed by atoms with Gasteiger partial charge in [-0.3, -0.25) is 5.32 Å². The highest BCUT2D eigenvalue weighted by molar-refractivity contribution is 5.04. The second-order valence-corrected chi connectivity index (χ2v) is 5.18. The fraction of sp³-hybridized carbons (Fsp3) is 0.923. The summed E-state index contributed by atoms with van der Waals surface area (Å²) in [5.74, 6) is 0. The molecule has 19 heavy (non-hydrogen) atoms. The van der Waals surface area contributed by atoms with Gasteiger partial charge in [-0.1, -0.05) is 0 Å². The fourth-order valence-electron chi connectivity index (χ4n) is 1.80. The summed E-state index contributed by atoms with van der Waals surface area (Å²) in [5.41, 5.74) is -0.608. The molecule has 0 radical (unpaired) electrons. The maximum atomic E-state index is 11.9. The van der Waals surface area contributed by atoms with Crippen LogP contribution < -0.4 is 5.32 Å². The lowest BCUT2D eigenvalue weighted by atomic mass is 9.97. The minimum Gasteiger partial charge on any atom is -0.381 e. The van der Waals surface area contributed by atoms with Gasteiger partial charge in [0.15, 0.2) is 0 Å². The highest BCUT2D eigenvalue weighted by Crippen LogP contribution is 2.21. The number of halogens is 3. The van der Waals surface area contributed by atoms with Gasteiger partial charge < -0.3 is 4.74 Å². The lowest BCUT2D eigenvalue weighted by Gasteiger charge is -2.25. The Hall–Kier alpha value is -0.800. The molecule has 0 heterocycles. The molecular weight excluding hydrogens is 257 g/mol. The molecule has 0 aromatic carbocycles. The second-order valence-electron chi connectivity index (χ2n) is 5.18. The van der Waals surface area contributed by atoms with Crippen LogP contribution in [0.15, 0.2) is 0 Å². The van der Waals surface area contributed by atoms with Gasteiger partial charge in [-0.2, -0.15) is 18.4 Å². The van der Waals surface area contributed by atoms with Crippen molar-refractivity contribution in [2.45, 2.75) is 64.2 Å². The van der Waals surface area contributed by atoms with E-state index in [2.05, 4.69) is 11.4 Å². The van der Waals surface area contributed by atoms with Crippen LogP contribution in [0.1, 0.15) is 46.5 Å². The Labute approximate surface area is 113 Å². The van der Waals surface area contributed by atoms with Crippen molar-refractivity contribution in [3.05, 3.63) is 0 Å². The van der Waals surface area contributed by atoms with Crippen molar-refractivity contribution in [2.75, 3.05) is 13.2 Å². The van der Waals surface area contributed by atoms with Crippen LogP contribution in [0.5, 0.6) is 0 Å². The number of hydrogen-bond acceptors (Lipinski definition) is 3. The van der Waals surface area contributed by atoms with Gasteiger partial charge in [0.05, 0.1) is 6.07 Å². The normalized spacial score (nSPS) is 15.3. The SMILES string of the molecule is CC(C)NC(C)(C#N)CCCOCCCC(F)(F)F. The molecule has 0 aromatic heterocycles. The molecule has 0 rings (SSSR count). The van der Waals surface area contributed by atoms with Gasteiger partial charge in [0, 0.05) is 25.7 Å². The van der Waals surface area contributed by atoms with Gasteiger partial charge in [0.25, 0.3) is 0 Å². The van der Waals surface area contributed by atoms with Crippen LogP contribution in [0.4, 0.5) is 13.2 Å². The summed E-state index contributed by atoms with van der Waals surface area (Å²) in [6.45, 7) is 6.23. The Bertz CT molecular complexity index is 287. The largest absolute Gasteiger partial charge is 0.389 e. The maximum absolute atomic E-state index is 11.9. The number of hydrogen-bond donors (Lipinski definition) is 1. The zero-order chi connectivity index (χ0) is 14.9. The molecule has 112 valence electrons. The summed E-state index contributed by atoms with van der Waals surface area (Å²) in [6.07, 6.45) is -3.66. The second kappa shape index (κ2) is 8.39. The Morgan fingerprint density at radius 1 is 1.16 bits per heavy atom. The summed E-state index contributed by atoms with van der Waals surface area (Å²) >= 11 is 0. The minimum absolute atomic E-state index is 0.0107. The lowest BCUT2D eigenvalue weighted by Crippen LogP contribution is -2.45. The van der Waals surface area contributed by atoms with Crippen molar-refractivity contribution in [1.82, 2.24) is 5.32 Å². The minimum atomic E-state index is -4.11. The highest BCUT2D eigenvalue weighted by atomic mass is 19.4. The summed E-state index contributed by atoms with van der Waals surface area (Å²) in [6, 6.07) is 2.42. The monoisotopic (exact) mass is 280 g/mol. The Morgan fingerprint density at radius 2 is 1.68 bits per heavy atom. The number of ether oxygens (including phenoxy) is 1. The van der Waals surface area contributed by atoms with E-state index in [0.29, 0.717) is 19.4 Å². The van der Waals surface area contributed by atoms with E-state index >= 15 is 0 Å². The molecule has 0 aromatic rings. The van der Waals surface area contributed by atoms with Crippen molar-refractivity contribution in [3.8, 4) is 6.07 Å². The lowest BCUT2D eigenvalue weighted by molar-refractivity contribution is -0.137. The third-order valence-corrected chi connectivity index (χ3v) is 2.57. The van der Waals surface area contributed by atoms with Crippen LogP contribution in [0.2, 0.25) is 0 Å². The first kappa shape index (κ1) is 18.2. The van der Waals surface area contributed by atoms with Crippen molar-refractivity contribution in [2.24, 2.45) is 0 Å². The van der Waals surface area contributed by atoms with Crippen LogP contribution in [0.3, 0.4) is 0 Å². The molecule has 1 unspecified atom stereocenters. The molecule has 0 aliphatic heterocycles. The maximum Gasteiger partial charge on any atom is 0.389 e. The van der Waals surface area contributed by atoms with Crippen molar-refractivity contribution < 1.29 is 17.9 Å². The highest BCUT2D eigenvalue weighted by Gasteiger charge is 2.26. The third-order valence-electron chi connectivity index (χ3n) is 2.57. The van der Waals surface area contributed by atoms with Crippen molar-refractivity contribution in [1.29, 1.82) is 5.26 Å². The van der Waals surface area contributed by atoms with E-state index < -0.39 is 18.1 Å². The molecule has 0 amide bonds. The quantitative estimate of drug-likeness (QED) is 0.658. The standard InChI is InChI=1S/C13H23F3N2O/c1-11(2)18-12(3,10-17)6-4-8-19-9-5-7-13(14,15)16/h11,18H,4-9H2,1-3H3. The van der Waals surface area contributed by atoms with E-state index in [1.54, 1.807) is 0 Å². The van der Waals surface area contributed by atoms with E-state index in [-0.39, 0.29) is 19.1 Å². The van der Waals surface area contributed by atoms with Crippen LogP contribution in [-0.2, 0) is 4.74 Å². The zero-order valence-electron chi connectivity index (χ0n) is 11.8. The van der Waals surface area contributed by atoms with Gasteiger partial charge in [0.1, 0.15) is 5.54 Å². The average molecular weight is 280 g/mol. The topological polar surface area (TPSA) is 45.0 Å². The summed E-state index contributed by atoms with van der Waals surface area (Å²) in [5, 5.41) is 12.2. The molecule has 0 saturated carbocycles. The molecule has 0 aliphatic rings. The number of alkyl halides is 3. The number of nitrogens with one attached hydrogen (secondary N) is 1. The first-order valence-electron chi connectivity index (χ1n) is 6.52. The van der Waals surface area contributed by atoms with Gasteiger partial charge in [0.2, 0.25) is 0 Å². The van der Waals surface area contributed by atoms with Crippen LogP contribution in [0, 0.1) is 11.3 Å². The molecule has 0 aliphatic carbocycles. The predicted octanol–water partition coefficient (Wildman–Crippen LogP) is 3.41. The Morgan fingerprint density at radius 3 is 2.11 bits per heavy atom. The summed E-state index contributed by atoms with van der Waals surface area (Å²) in [4.78, 5) is 0. The summed E-state index contributed by atoms with van der Waals surface area (Å²) < 4.78 is 40.7. The number of nitriles is 1. The van der Waals surface area contributed by atoms with E-state index in [1.807, 2.05) is 20.8 Å². The van der Waals surface area contributed by atoms with E-state index in [0.717, 1.165) is 0 Å². The van der Waals surface area contributed by atoms with Crippen molar-refractivity contribution in [3.63, 3.8) is 0 Å². The zero-order valence-corrected chi connectivity index (χ0v) is 11.8. The molecule has 0 bridgehead atoms. The van der Waals surface area contributed by atoms with E-state index in [4.69, 9.17) is 10.00 Å².